The number of hydrazine groups is 1. The van der Waals surface area contributed by atoms with Gasteiger partial charge in [0.05, 0.1) is 5.69 Å². The molecule has 0 spiro atoms. The molecular weight excluding hydrogens is 192 g/mol. The fraction of sp³-hybridized carbons (Fsp3) is 0.400. The van der Waals surface area contributed by atoms with Gasteiger partial charge in [0.2, 0.25) is 0 Å². The van der Waals surface area contributed by atoms with Gasteiger partial charge in [-0.05, 0) is 31.9 Å². The van der Waals surface area contributed by atoms with E-state index < -0.39 is 0 Å². The molecule has 4 N–H and O–H groups in total. The van der Waals surface area contributed by atoms with Crippen LogP contribution in [0.3, 0.4) is 0 Å². The smallest absolute Gasteiger partial charge is 0.270 e. The predicted octanol–water partition coefficient (Wildman–Crippen LogP) is 0.649. The first-order chi connectivity index (χ1) is 7.13. The van der Waals surface area contributed by atoms with Crippen molar-refractivity contribution in [3.63, 3.8) is 0 Å². The first-order valence-corrected chi connectivity index (χ1v) is 4.88. The summed E-state index contributed by atoms with van der Waals surface area (Å²) in [6.07, 6.45) is 3.63. The van der Waals surface area contributed by atoms with Crippen molar-refractivity contribution in [3.8, 4) is 0 Å². The highest BCUT2D eigenvalue weighted by Crippen LogP contribution is 2.34. The van der Waals surface area contributed by atoms with Crippen molar-refractivity contribution in [1.29, 1.82) is 0 Å². The first-order valence-electron chi connectivity index (χ1n) is 4.88. The summed E-state index contributed by atoms with van der Waals surface area (Å²) in [5.41, 5.74) is 3.52. The average molecular weight is 206 g/mol. The van der Waals surface area contributed by atoms with Crippen molar-refractivity contribution in [2.75, 3.05) is 5.43 Å². The molecule has 0 radical (unpaired) electrons. The number of carbonyl (C=O) groups is 1. The third-order valence-corrected chi connectivity index (χ3v) is 2.57. The molecule has 1 aromatic rings. The maximum atomic E-state index is 11.7. The Labute approximate surface area is 88.0 Å². The van der Waals surface area contributed by atoms with Crippen LogP contribution in [0.25, 0.3) is 0 Å². The zero-order chi connectivity index (χ0) is 10.9. The Bertz CT molecular complexity index is 387. The molecule has 0 aliphatic heterocycles. The van der Waals surface area contributed by atoms with Crippen LogP contribution in [-0.2, 0) is 0 Å². The van der Waals surface area contributed by atoms with Crippen LogP contribution in [0, 0.1) is 0 Å². The average Bonchev–Trinajstić information content (AvgIpc) is 2.96. The van der Waals surface area contributed by atoms with Gasteiger partial charge in [-0.15, -0.1) is 0 Å². The number of hydrogen-bond acceptors (Lipinski definition) is 4. The van der Waals surface area contributed by atoms with E-state index in [1.54, 1.807) is 18.3 Å². The SMILES string of the molecule is CC1(NC(=O)c2cc(NN)ccn2)CC1. The molecule has 0 bridgehead atoms. The highest BCUT2D eigenvalue weighted by Gasteiger charge is 2.39. The van der Waals surface area contributed by atoms with Crippen LogP contribution in [0.2, 0.25) is 0 Å². The molecule has 1 aromatic heterocycles. The molecule has 2 rings (SSSR count). The number of hydrogen-bond donors (Lipinski definition) is 3. The topological polar surface area (TPSA) is 80.0 Å². The van der Waals surface area contributed by atoms with Crippen LogP contribution in [-0.4, -0.2) is 16.4 Å². The Morgan fingerprint density at radius 1 is 1.60 bits per heavy atom. The van der Waals surface area contributed by atoms with E-state index in [2.05, 4.69) is 15.7 Å². The van der Waals surface area contributed by atoms with Crippen molar-refractivity contribution < 1.29 is 4.79 Å². The van der Waals surface area contributed by atoms with Crippen molar-refractivity contribution in [2.24, 2.45) is 5.84 Å². The minimum Gasteiger partial charge on any atom is -0.346 e. The van der Waals surface area contributed by atoms with Crippen molar-refractivity contribution in [3.05, 3.63) is 24.0 Å². The quantitative estimate of drug-likeness (QED) is 0.501. The van der Waals surface area contributed by atoms with Crippen LogP contribution >= 0.6 is 0 Å². The lowest BCUT2D eigenvalue weighted by atomic mass is 10.2. The molecular formula is C10H14N4O. The van der Waals surface area contributed by atoms with Gasteiger partial charge in [-0.1, -0.05) is 0 Å². The Morgan fingerprint density at radius 2 is 2.33 bits per heavy atom. The zero-order valence-corrected chi connectivity index (χ0v) is 8.58. The number of amides is 1. The molecule has 80 valence electrons. The van der Waals surface area contributed by atoms with E-state index in [-0.39, 0.29) is 11.4 Å². The molecule has 1 amide bonds. The Balaban J connectivity index is 2.10. The number of pyridine rings is 1. The predicted molar refractivity (Wildman–Crippen MR) is 57.2 cm³/mol. The maximum Gasteiger partial charge on any atom is 0.270 e. The number of anilines is 1. The standard InChI is InChI=1S/C10H14N4O/c1-10(3-4-10)13-9(15)8-6-7(14-11)2-5-12-8/h2,5-6H,3-4,11H2,1H3,(H,12,14)(H,13,15). The zero-order valence-electron chi connectivity index (χ0n) is 8.58. The summed E-state index contributed by atoms with van der Waals surface area (Å²) in [6.45, 7) is 2.02. The van der Waals surface area contributed by atoms with Gasteiger partial charge in [0.1, 0.15) is 5.69 Å². The van der Waals surface area contributed by atoms with Gasteiger partial charge in [-0.25, -0.2) is 0 Å². The summed E-state index contributed by atoms with van der Waals surface area (Å²) >= 11 is 0. The lowest BCUT2D eigenvalue weighted by molar-refractivity contribution is 0.0930. The molecule has 0 atom stereocenters. The van der Waals surface area contributed by atoms with Gasteiger partial charge in [-0.2, -0.15) is 0 Å². The lowest BCUT2D eigenvalue weighted by Crippen LogP contribution is -2.34. The second kappa shape index (κ2) is 3.51. The van der Waals surface area contributed by atoms with Gasteiger partial charge < -0.3 is 10.7 Å². The summed E-state index contributed by atoms with van der Waals surface area (Å²) in [4.78, 5) is 15.7. The lowest BCUT2D eigenvalue weighted by Gasteiger charge is -2.11. The van der Waals surface area contributed by atoms with E-state index in [4.69, 9.17) is 5.84 Å². The molecule has 1 fully saturated rings. The van der Waals surface area contributed by atoms with E-state index >= 15 is 0 Å². The molecule has 5 nitrogen and oxygen atoms in total. The summed E-state index contributed by atoms with van der Waals surface area (Å²) in [6, 6.07) is 3.33. The second-order valence-corrected chi connectivity index (χ2v) is 4.09. The summed E-state index contributed by atoms with van der Waals surface area (Å²) in [7, 11) is 0. The summed E-state index contributed by atoms with van der Waals surface area (Å²) in [5.74, 6) is 5.10. The van der Waals surface area contributed by atoms with Crippen LogP contribution in [0.5, 0.6) is 0 Å². The van der Waals surface area contributed by atoms with E-state index in [1.807, 2.05) is 6.92 Å². The van der Waals surface area contributed by atoms with Gasteiger partial charge >= 0.3 is 0 Å². The van der Waals surface area contributed by atoms with Crippen molar-refractivity contribution in [1.82, 2.24) is 10.3 Å². The molecule has 1 saturated carbocycles. The van der Waals surface area contributed by atoms with E-state index in [0.717, 1.165) is 12.8 Å². The third-order valence-electron chi connectivity index (χ3n) is 2.57. The molecule has 15 heavy (non-hydrogen) atoms. The number of nitrogen functional groups attached to an aromatic ring is 1. The van der Waals surface area contributed by atoms with Crippen LogP contribution in [0.15, 0.2) is 18.3 Å². The molecule has 0 saturated heterocycles. The van der Waals surface area contributed by atoms with Gasteiger partial charge in [0.15, 0.2) is 0 Å². The third kappa shape index (κ3) is 2.24. The van der Waals surface area contributed by atoms with Crippen molar-refractivity contribution >= 4 is 11.6 Å². The van der Waals surface area contributed by atoms with E-state index in [9.17, 15) is 4.79 Å². The molecule has 1 aliphatic carbocycles. The molecule has 5 heteroatoms. The Morgan fingerprint density at radius 3 is 2.93 bits per heavy atom. The second-order valence-electron chi connectivity index (χ2n) is 4.09. The molecule has 1 aliphatic rings. The summed E-state index contributed by atoms with van der Waals surface area (Å²) < 4.78 is 0. The number of aromatic nitrogens is 1. The van der Waals surface area contributed by atoms with Gasteiger partial charge in [0.25, 0.3) is 5.91 Å². The normalized spacial score (nSPS) is 16.9. The van der Waals surface area contributed by atoms with Crippen LogP contribution in [0.4, 0.5) is 5.69 Å². The minimum atomic E-state index is -0.146. The minimum absolute atomic E-state index is 0.0229. The number of nitrogens with zero attached hydrogens (tertiary/aromatic N) is 1. The molecule has 1 heterocycles. The monoisotopic (exact) mass is 206 g/mol. The highest BCUT2D eigenvalue weighted by molar-refractivity contribution is 5.93. The molecule has 0 unspecified atom stereocenters. The number of carbonyl (C=O) groups excluding carboxylic acids is 1. The first kappa shape index (κ1) is 9.92. The van der Waals surface area contributed by atoms with Gasteiger partial charge in [-0.3, -0.25) is 15.6 Å². The fourth-order valence-electron chi connectivity index (χ4n) is 1.30. The number of rotatable bonds is 3. The Hall–Kier alpha value is -1.62. The van der Waals surface area contributed by atoms with Crippen molar-refractivity contribution in [2.45, 2.75) is 25.3 Å². The fourth-order valence-corrected chi connectivity index (χ4v) is 1.30. The molecule has 0 aromatic carbocycles. The van der Waals surface area contributed by atoms with Gasteiger partial charge in [0, 0.05) is 11.7 Å². The summed E-state index contributed by atoms with van der Waals surface area (Å²) in [5, 5.41) is 2.93. The largest absolute Gasteiger partial charge is 0.346 e. The highest BCUT2D eigenvalue weighted by atomic mass is 16.2. The maximum absolute atomic E-state index is 11.7. The van der Waals surface area contributed by atoms with E-state index in [1.165, 1.54) is 0 Å². The van der Waals surface area contributed by atoms with Crippen LogP contribution in [0.1, 0.15) is 30.3 Å². The Kier molecular flexibility index (Phi) is 2.32. The number of nitrogens with two attached hydrogens (primary N) is 1. The van der Waals surface area contributed by atoms with Crippen LogP contribution < -0.4 is 16.6 Å². The number of nitrogens with one attached hydrogen (secondary N) is 2. The van der Waals surface area contributed by atoms with E-state index in [0.29, 0.717) is 11.4 Å².